The zero-order chi connectivity index (χ0) is 23.3. The minimum Gasteiger partial charge on any atom is -0.380 e. The highest BCUT2D eigenvalue weighted by molar-refractivity contribution is 6.31. The van der Waals surface area contributed by atoms with Crippen LogP contribution >= 0.6 is 0 Å². The van der Waals surface area contributed by atoms with Crippen molar-refractivity contribution in [3.05, 3.63) is 59.8 Å². The van der Waals surface area contributed by atoms with Crippen LogP contribution in [0.4, 0.5) is 25.8 Å². The molecule has 2 aliphatic rings. The first-order valence-corrected chi connectivity index (χ1v) is 10.8. The molecule has 0 atom stereocenters. The first-order chi connectivity index (χ1) is 15.0. The number of likely N-dealkylation sites (tertiary alicyclic amines) is 1. The molecule has 2 aliphatic heterocycles. The number of nitrogens with zero attached hydrogens (tertiary/aromatic N) is 1. The van der Waals surface area contributed by atoms with Crippen LogP contribution in [0, 0.1) is 11.6 Å². The van der Waals surface area contributed by atoms with Gasteiger partial charge < -0.3 is 16.0 Å². The predicted molar refractivity (Wildman–Crippen MR) is 126 cm³/mol. The molecule has 3 N–H and O–H groups in total. The fourth-order valence-electron chi connectivity index (χ4n) is 4.88. The van der Waals surface area contributed by atoms with Crippen molar-refractivity contribution in [2.24, 2.45) is 0 Å². The zero-order valence-electron chi connectivity index (χ0n) is 19.1. The Hall–Kier alpha value is -2.93. The zero-order valence-corrected chi connectivity index (χ0v) is 19.1. The van der Waals surface area contributed by atoms with E-state index in [1.54, 1.807) is 18.2 Å². The summed E-state index contributed by atoms with van der Waals surface area (Å²) < 4.78 is 28.3. The molecule has 0 radical (unpaired) electrons. The van der Waals surface area contributed by atoms with Gasteiger partial charge in [0, 0.05) is 34.6 Å². The minimum atomic E-state index is -0.417. The Balaban J connectivity index is 1.48. The average Bonchev–Trinajstić information content (AvgIpc) is 3.00. The molecule has 0 aliphatic carbocycles. The molecule has 2 aromatic rings. The van der Waals surface area contributed by atoms with Gasteiger partial charge in [-0.3, -0.25) is 9.69 Å². The number of fused-ring (bicyclic) bond motifs is 1. The lowest BCUT2D eigenvalue weighted by atomic mass is 9.77. The van der Waals surface area contributed by atoms with Crippen molar-refractivity contribution in [3.63, 3.8) is 0 Å². The fraction of sp³-hybridized carbons (Fsp3) is 0.400. The molecule has 2 aromatic carbocycles. The molecule has 4 rings (SSSR count). The molecule has 170 valence electrons. The number of anilines is 3. The van der Waals surface area contributed by atoms with Crippen LogP contribution in [0.2, 0.25) is 0 Å². The van der Waals surface area contributed by atoms with Crippen LogP contribution in [0.25, 0.3) is 5.57 Å². The molecule has 0 aromatic heterocycles. The Morgan fingerprint density at radius 3 is 2.41 bits per heavy atom. The van der Waals surface area contributed by atoms with Crippen molar-refractivity contribution in [3.8, 4) is 0 Å². The first kappa shape index (κ1) is 22.3. The van der Waals surface area contributed by atoms with E-state index in [0.29, 0.717) is 28.2 Å². The molecule has 7 heteroatoms. The van der Waals surface area contributed by atoms with Crippen molar-refractivity contribution < 1.29 is 13.6 Å². The Kier molecular flexibility index (Phi) is 5.49. The Morgan fingerprint density at radius 1 is 1.06 bits per heavy atom. The van der Waals surface area contributed by atoms with Crippen molar-refractivity contribution in [1.82, 2.24) is 4.90 Å². The molecule has 5 nitrogen and oxygen atoms in total. The Morgan fingerprint density at radius 2 is 1.75 bits per heavy atom. The lowest BCUT2D eigenvalue weighted by Gasteiger charge is -2.53. The monoisotopic (exact) mass is 440 g/mol. The van der Waals surface area contributed by atoms with E-state index in [4.69, 9.17) is 0 Å². The van der Waals surface area contributed by atoms with Crippen molar-refractivity contribution in [1.29, 1.82) is 0 Å². The van der Waals surface area contributed by atoms with E-state index in [9.17, 15) is 13.6 Å². The van der Waals surface area contributed by atoms with E-state index in [-0.39, 0.29) is 28.8 Å². The summed E-state index contributed by atoms with van der Waals surface area (Å²) in [6.45, 7) is 8.85. The number of hydrogen-bond acceptors (Lipinski definition) is 4. The third kappa shape index (κ3) is 4.21. The Bertz CT molecular complexity index is 1080. The van der Waals surface area contributed by atoms with Crippen LogP contribution in [-0.2, 0) is 4.79 Å². The highest BCUT2D eigenvalue weighted by atomic mass is 19.1. The summed E-state index contributed by atoms with van der Waals surface area (Å²) >= 11 is 0. The molecule has 0 unspecified atom stereocenters. The van der Waals surface area contributed by atoms with Crippen molar-refractivity contribution in [2.75, 3.05) is 23.0 Å². The molecule has 2 heterocycles. The molecule has 1 saturated heterocycles. The number of piperidine rings is 1. The van der Waals surface area contributed by atoms with Gasteiger partial charge in [0.25, 0.3) is 5.91 Å². The van der Waals surface area contributed by atoms with E-state index in [2.05, 4.69) is 55.6 Å². The van der Waals surface area contributed by atoms with E-state index in [1.807, 2.05) is 0 Å². The number of hydrogen-bond donors (Lipinski definition) is 3. The second-order valence-electron chi connectivity index (χ2n) is 9.97. The number of carbonyl (C=O) groups is 1. The third-order valence-electron chi connectivity index (χ3n) is 6.78. The van der Waals surface area contributed by atoms with Crippen LogP contribution in [0.1, 0.15) is 46.1 Å². The summed E-state index contributed by atoms with van der Waals surface area (Å²) in [6.07, 6.45) is 3.34. The number of carbonyl (C=O) groups excluding carboxylic acids is 1. The number of rotatable bonds is 4. The van der Waals surface area contributed by atoms with Crippen LogP contribution in [0.15, 0.2) is 42.6 Å². The lowest BCUT2D eigenvalue weighted by molar-refractivity contribution is -0.110. The maximum absolute atomic E-state index is 14.9. The van der Waals surface area contributed by atoms with Crippen LogP contribution in [0.5, 0.6) is 0 Å². The van der Waals surface area contributed by atoms with Crippen LogP contribution in [0.3, 0.4) is 0 Å². The SMILES string of the molecule is CN1C(C)(C)CC(Nc2ccc(NC=C3C(=O)Nc4cc(F)ccc43)cc2F)CC1(C)C. The predicted octanol–water partition coefficient (Wildman–Crippen LogP) is 5.43. The molecule has 32 heavy (non-hydrogen) atoms. The van der Waals surface area contributed by atoms with Gasteiger partial charge in [0.1, 0.15) is 11.6 Å². The molecule has 0 saturated carbocycles. The topological polar surface area (TPSA) is 56.4 Å². The summed E-state index contributed by atoms with van der Waals surface area (Å²) in [6, 6.07) is 9.18. The largest absolute Gasteiger partial charge is 0.380 e. The number of amides is 1. The van der Waals surface area contributed by atoms with E-state index in [1.165, 1.54) is 24.4 Å². The maximum Gasteiger partial charge on any atom is 0.257 e. The van der Waals surface area contributed by atoms with Gasteiger partial charge in [-0.05, 0) is 84.0 Å². The smallest absolute Gasteiger partial charge is 0.257 e. The van der Waals surface area contributed by atoms with Crippen molar-refractivity contribution >= 4 is 28.5 Å². The highest BCUT2D eigenvalue weighted by Gasteiger charge is 2.43. The number of nitrogens with one attached hydrogen (secondary N) is 3. The van der Waals surface area contributed by atoms with E-state index >= 15 is 0 Å². The van der Waals surface area contributed by atoms with Crippen molar-refractivity contribution in [2.45, 2.75) is 57.7 Å². The second-order valence-corrected chi connectivity index (χ2v) is 9.97. The summed E-state index contributed by atoms with van der Waals surface area (Å²) in [5, 5.41) is 9.00. The van der Waals surface area contributed by atoms with Crippen LogP contribution in [-0.4, -0.2) is 35.0 Å². The van der Waals surface area contributed by atoms with Crippen LogP contribution < -0.4 is 16.0 Å². The summed E-state index contributed by atoms with van der Waals surface area (Å²) in [7, 11) is 2.14. The minimum absolute atomic E-state index is 0.00460. The molecule has 0 bridgehead atoms. The van der Waals surface area contributed by atoms with Gasteiger partial charge in [0.05, 0.1) is 16.9 Å². The standard InChI is InChI=1S/C25H30F2N4O/c1-24(2)12-17(13-25(3,4)31(24)5)29-21-9-7-16(11-20(21)27)28-14-19-18-8-6-15(26)10-22(18)30-23(19)32/h6-11,14,17,28-29H,12-13H2,1-5H3,(H,30,32). The number of halogens is 2. The van der Waals surface area contributed by atoms with E-state index in [0.717, 1.165) is 12.8 Å². The van der Waals surface area contributed by atoms with Gasteiger partial charge in [-0.1, -0.05) is 0 Å². The normalized spacial score (nSPS) is 21.3. The van der Waals surface area contributed by atoms with Gasteiger partial charge in [0.15, 0.2) is 0 Å². The van der Waals surface area contributed by atoms with Gasteiger partial charge >= 0.3 is 0 Å². The molecular weight excluding hydrogens is 410 g/mol. The summed E-state index contributed by atoms with van der Waals surface area (Å²) in [4.78, 5) is 14.6. The fourth-order valence-corrected chi connectivity index (χ4v) is 4.88. The van der Waals surface area contributed by atoms with Gasteiger partial charge in [-0.2, -0.15) is 0 Å². The summed E-state index contributed by atoms with van der Waals surface area (Å²) in [5.74, 6) is -1.11. The highest BCUT2D eigenvalue weighted by Crippen LogP contribution is 2.38. The van der Waals surface area contributed by atoms with Gasteiger partial charge in [-0.15, -0.1) is 0 Å². The second kappa shape index (κ2) is 7.89. The third-order valence-corrected chi connectivity index (χ3v) is 6.78. The lowest BCUT2D eigenvalue weighted by Crippen LogP contribution is -2.61. The first-order valence-electron chi connectivity index (χ1n) is 10.8. The van der Waals surface area contributed by atoms with Gasteiger partial charge in [0.2, 0.25) is 0 Å². The molecular formula is C25H30F2N4O. The quantitative estimate of drug-likeness (QED) is 0.555. The van der Waals surface area contributed by atoms with Gasteiger partial charge in [-0.25, -0.2) is 8.78 Å². The average molecular weight is 441 g/mol. The van der Waals surface area contributed by atoms with E-state index < -0.39 is 5.82 Å². The maximum atomic E-state index is 14.9. The number of benzene rings is 2. The molecule has 0 spiro atoms. The molecule has 1 fully saturated rings. The summed E-state index contributed by atoms with van der Waals surface area (Å²) in [5.41, 5.74) is 2.40. The Labute approximate surface area is 187 Å². The molecule has 1 amide bonds.